The van der Waals surface area contributed by atoms with Crippen LogP contribution in [0.15, 0.2) is 42.5 Å². The number of sulfonamides is 1. The Labute approximate surface area is 154 Å². The molecule has 2 N–H and O–H groups in total. The van der Waals surface area contributed by atoms with Crippen LogP contribution in [0.25, 0.3) is 0 Å². The lowest BCUT2D eigenvalue weighted by molar-refractivity contribution is 0.104. The molecule has 6 nitrogen and oxygen atoms in total. The highest BCUT2D eigenvalue weighted by Crippen LogP contribution is 2.34. The van der Waals surface area contributed by atoms with Gasteiger partial charge in [-0.25, -0.2) is 8.42 Å². The number of nitrogens with one attached hydrogen (secondary N) is 2. The van der Waals surface area contributed by atoms with Crippen molar-refractivity contribution >= 4 is 21.4 Å². The van der Waals surface area contributed by atoms with Crippen LogP contribution in [-0.2, 0) is 16.6 Å². The zero-order valence-electron chi connectivity index (χ0n) is 15.2. The molecule has 26 heavy (non-hydrogen) atoms. The maximum atomic E-state index is 11.9. The van der Waals surface area contributed by atoms with Crippen LogP contribution in [0.5, 0.6) is 11.5 Å². The van der Waals surface area contributed by atoms with E-state index in [0.29, 0.717) is 18.8 Å². The van der Waals surface area contributed by atoms with E-state index in [-0.39, 0.29) is 6.10 Å². The van der Waals surface area contributed by atoms with Crippen molar-refractivity contribution in [3.05, 3.63) is 48.0 Å². The van der Waals surface area contributed by atoms with E-state index in [2.05, 4.69) is 10.0 Å². The maximum Gasteiger partial charge on any atom is 0.235 e. The zero-order chi connectivity index (χ0) is 18.7. The summed E-state index contributed by atoms with van der Waals surface area (Å²) in [4.78, 5) is 0. The van der Waals surface area contributed by atoms with Crippen LogP contribution in [0.1, 0.15) is 26.3 Å². The number of ether oxygens (including phenoxy) is 2. The van der Waals surface area contributed by atoms with Crippen molar-refractivity contribution in [2.45, 2.75) is 38.7 Å². The molecule has 7 heteroatoms. The molecule has 0 aliphatic carbocycles. The van der Waals surface area contributed by atoms with Crippen molar-refractivity contribution in [3.8, 4) is 11.5 Å². The first-order valence-corrected chi connectivity index (χ1v) is 10.2. The zero-order valence-corrected chi connectivity index (χ0v) is 16.0. The quantitative estimate of drug-likeness (QED) is 0.805. The molecule has 0 amide bonds. The van der Waals surface area contributed by atoms with Crippen molar-refractivity contribution in [2.24, 2.45) is 0 Å². The smallest absolute Gasteiger partial charge is 0.235 e. The van der Waals surface area contributed by atoms with E-state index >= 15 is 0 Å². The van der Waals surface area contributed by atoms with E-state index < -0.39 is 15.3 Å². The lowest BCUT2D eigenvalue weighted by atomic mass is 10.2. The number of anilines is 2. The van der Waals surface area contributed by atoms with Crippen molar-refractivity contribution in [1.29, 1.82) is 0 Å². The van der Waals surface area contributed by atoms with Gasteiger partial charge in [0.2, 0.25) is 10.0 Å². The third-order valence-corrected chi connectivity index (χ3v) is 5.84. The number of hydrogen-bond acceptors (Lipinski definition) is 5. The summed E-state index contributed by atoms with van der Waals surface area (Å²) in [6.07, 6.45) is 0.0416. The van der Waals surface area contributed by atoms with Crippen molar-refractivity contribution in [3.63, 3.8) is 0 Å². The number of rotatable bonds is 6. The largest absolute Gasteiger partial charge is 0.486 e. The molecule has 0 aromatic heterocycles. The first-order valence-electron chi connectivity index (χ1n) is 8.61. The van der Waals surface area contributed by atoms with Crippen LogP contribution < -0.4 is 19.5 Å². The third-order valence-electron chi connectivity index (χ3n) is 4.08. The van der Waals surface area contributed by atoms with Gasteiger partial charge in [-0.15, -0.1) is 0 Å². The molecule has 1 atom stereocenters. The summed E-state index contributed by atoms with van der Waals surface area (Å²) < 4.78 is 37.7. The van der Waals surface area contributed by atoms with Gasteiger partial charge >= 0.3 is 0 Å². The molecule has 0 bridgehead atoms. The highest BCUT2D eigenvalue weighted by Gasteiger charge is 2.17. The Morgan fingerprint density at radius 3 is 2.46 bits per heavy atom. The second kappa shape index (κ2) is 7.45. The van der Waals surface area contributed by atoms with Crippen LogP contribution in [0.2, 0.25) is 0 Å². The minimum atomic E-state index is -3.32. The Hall–Kier alpha value is -2.41. The van der Waals surface area contributed by atoms with Gasteiger partial charge in [-0.1, -0.05) is 12.1 Å². The summed E-state index contributed by atoms with van der Waals surface area (Å²) in [6, 6.07) is 13.1. The van der Waals surface area contributed by atoms with E-state index in [9.17, 15) is 8.42 Å². The molecule has 0 saturated carbocycles. The Morgan fingerprint density at radius 1 is 1.08 bits per heavy atom. The average molecular weight is 376 g/mol. The van der Waals surface area contributed by atoms with Crippen molar-refractivity contribution in [2.75, 3.05) is 16.6 Å². The topological polar surface area (TPSA) is 76.7 Å². The highest BCUT2D eigenvalue weighted by atomic mass is 32.2. The van der Waals surface area contributed by atoms with E-state index in [1.165, 1.54) is 0 Å². The van der Waals surface area contributed by atoms with Crippen molar-refractivity contribution < 1.29 is 17.9 Å². The molecule has 1 unspecified atom stereocenters. The lowest BCUT2D eigenvalue weighted by Gasteiger charge is -2.24. The van der Waals surface area contributed by atoms with Gasteiger partial charge < -0.3 is 14.8 Å². The number of fused-ring (bicyclic) bond motifs is 1. The summed E-state index contributed by atoms with van der Waals surface area (Å²) in [6.45, 7) is 6.45. The monoisotopic (exact) mass is 376 g/mol. The minimum Gasteiger partial charge on any atom is -0.486 e. The van der Waals surface area contributed by atoms with Gasteiger partial charge in [0, 0.05) is 24.0 Å². The van der Waals surface area contributed by atoms with Gasteiger partial charge in [-0.05, 0) is 50.6 Å². The molecule has 1 heterocycles. The van der Waals surface area contributed by atoms with Crippen LogP contribution in [0.4, 0.5) is 11.4 Å². The van der Waals surface area contributed by atoms with E-state index in [1.807, 2.05) is 37.3 Å². The normalized spacial score (nSPS) is 16.4. The van der Waals surface area contributed by atoms with Crippen LogP contribution in [0, 0.1) is 0 Å². The summed E-state index contributed by atoms with van der Waals surface area (Å²) in [5.41, 5.74) is 2.54. The minimum absolute atomic E-state index is 0.0416. The molecule has 2 aromatic carbocycles. The second-order valence-electron chi connectivity index (χ2n) is 6.65. The van der Waals surface area contributed by atoms with E-state index in [0.717, 1.165) is 22.7 Å². The molecular weight excluding hydrogens is 352 g/mol. The van der Waals surface area contributed by atoms with Gasteiger partial charge in [0.25, 0.3) is 0 Å². The molecule has 1 aliphatic heterocycles. The molecule has 0 spiro atoms. The van der Waals surface area contributed by atoms with Crippen LogP contribution in [-0.4, -0.2) is 26.4 Å². The molecule has 0 fully saturated rings. The fourth-order valence-corrected chi connectivity index (χ4v) is 3.16. The molecule has 0 radical (unpaired) electrons. The van der Waals surface area contributed by atoms with Crippen molar-refractivity contribution in [1.82, 2.24) is 0 Å². The summed E-state index contributed by atoms with van der Waals surface area (Å²) in [5, 5.41) is 2.87. The fraction of sp³-hybridized carbons (Fsp3) is 0.368. The highest BCUT2D eigenvalue weighted by molar-refractivity contribution is 7.93. The summed E-state index contributed by atoms with van der Waals surface area (Å²) in [7, 11) is -3.32. The standard InChI is InChI=1S/C19H24N2O4S/c1-13(2)26(22,23)21-16-6-4-15(5-7-16)11-20-17-8-9-18-19(10-17)25-14(3)12-24-18/h4-10,13-14,20-21H,11-12H2,1-3H3. The number of benzene rings is 2. The van der Waals surface area contributed by atoms with E-state index in [4.69, 9.17) is 9.47 Å². The first-order chi connectivity index (χ1) is 12.3. The predicted molar refractivity (Wildman–Crippen MR) is 103 cm³/mol. The van der Waals surface area contributed by atoms with Gasteiger partial charge in [0.05, 0.1) is 5.25 Å². The lowest BCUT2D eigenvalue weighted by Crippen LogP contribution is -2.25. The van der Waals surface area contributed by atoms with Crippen LogP contribution >= 0.6 is 0 Å². The Morgan fingerprint density at radius 2 is 1.77 bits per heavy atom. The molecule has 140 valence electrons. The van der Waals surface area contributed by atoms with Crippen LogP contribution in [0.3, 0.4) is 0 Å². The van der Waals surface area contributed by atoms with Gasteiger partial charge in [0.1, 0.15) is 12.7 Å². The average Bonchev–Trinajstić information content (AvgIpc) is 2.60. The molecule has 0 saturated heterocycles. The molecular formula is C19H24N2O4S. The summed E-state index contributed by atoms with van der Waals surface area (Å²) in [5.74, 6) is 1.50. The predicted octanol–water partition coefficient (Wildman–Crippen LogP) is 3.61. The Balaban J connectivity index is 1.61. The molecule has 3 rings (SSSR count). The molecule has 1 aliphatic rings. The Bertz CT molecular complexity index is 864. The second-order valence-corrected chi connectivity index (χ2v) is 8.88. The maximum absolute atomic E-state index is 11.9. The van der Waals surface area contributed by atoms with Gasteiger partial charge in [-0.2, -0.15) is 0 Å². The number of hydrogen-bond donors (Lipinski definition) is 2. The van der Waals surface area contributed by atoms with Gasteiger partial charge in [-0.3, -0.25) is 4.72 Å². The first kappa shape index (κ1) is 18.4. The fourth-order valence-electron chi connectivity index (χ4n) is 2.46. The third kappa shape index (κ3) is 4.40. The Kier molecular flexibility index (Phi) is 5.27. The van der Waals surface area contributed by atoms with E-state index in [1.54, 1.807) is 26.0 Å². The summed E-state index contributed by atoms with van der Waals surface area (Å²) >= 11 is 0. The SMILES string of the molecule is CC1COc2ccc(NCc3ccc(NS(=O)(=O)C(C)C)cc3)cc2O1. The van der Waals surface area contributed by atoms with Gasteiger partial charge in [0.15, 0.2) is 11.5 Å². The molecule has 2 aromatic rings.